The van der Waals surface area contributed by atoms with Gasteiger partial charge in [0.05, 0.1) is 13.2 Å². The van der Waals surface area contributed by atoms with Gasteiger partial charge < -0.3 is 9.47 Å². The summed E-state index contributed by atoms with van der Waals surface area (Å²) < 4.78 is 25.9. The van der Waals surface area contributed by atoms with Crippen LogP contribution < -0.4 is 9.47 Å². The summed E-state index contributed by atoms with van der Waals surface area (Å²) in [5, 5.41) is 2.93. The maximum absolute atomic E-state index is 13.7. The molecule has 2 unspecified atom stereocenters. The Morgan fingerprint density at radius 2 is 1.81 bits per heavy atom. The average Bonchev–Trinajstić information content (AvgIpc) is 2.78. The van der Waals surface area contributed by atoms with Gasteiger partial charge in [0.15, 0.2) is 11.6 Å². The van der Waals surface area contributed by atoms with Crippen LogP contribution in [-0.2, 0) is 0 Å². The van der Waals surface area contributed by atoms with Crippen LogP contribution in [-0.4, -0.2) is 13.2 Å². The van der Waals surface area contributed by atoms with Gasteiger partial charge >= 0.3 is 0 Å². The minimum Gasteiger partial charge on any atom is -0.494 e. The average molecular weight is 308 g/mol. The number of thiophene rings is 1. The van der Waals surface area contributed by atoms with E-state index in [0.717, 1.165) is 28.7 Å². The number of hydrogen-bond donors (Lipinski definition) is 0. The second kappa shape index (κ2) is 5.84. The standard InChI is InChI=1S/C17H21FO2S/c1-10-4-11(2)6-12(5-10)20-16-9-21-17-8-14(18)15(19-3)7-13(16)17/h7-12H,4-6H2,1-3H3. The Labute approximate surface area is 128 Å². The minimum absolute atomic E-state index is 0.262. The number of rotatable bonds is 3. The molecule has 2 nitrogen and oxygen atoms in total. The number of methoxy groups -OCH3 is 1. The summed E-state index contributed by atoms with van der Waals surface area (Å²) in [7, 11) is 1.49. The molecule has 1 heterocycles. The van der Waals surface area contributed by atoms with Crippen molar-refractivity contribution in [3.8, 4) is 11.5 Å². The van der Waals surface area contributed by atoms with E-state index in [1.807, 2.05) is 5.38 Å². The Bertz CT molecular complexity index is 627. The third-order valence-corrected chi connectivity index (χ3v) is 5.16. The molecule has 0 amide bonds. The zero-order valence-electron chi connectivity index (χ0n) is 12.7. The molecule has 0 saturated heterocycles. The predicted molar refractivity (Wildman–Crippen MR) is 84.9 cm³/mol. The molecule has 1 aliphatic rings. The van der Waals surface area contributed by atoms with Gasteiger partial charge in [0.1, 0.15) is 5.75 Å². The smallest absolute Gasteiger partial charge is 0.166 e. The Morgan fingerprint density at radius 1 is 1.10 bits per heavy atom. The van der Waals surface area contributed by atoms with Crippen LogP contribution in [0.5, 0.6) is 11.5 Å². The monoisotopic (exact) mass is 308 g/mol. The van der Waals surface area contributed by atoms with Crippen LogP contribution in [0.3, 0.4) is 0 Å². The number of benzene rings is 1. The maximum atomic E-state index is 13.7. The van der Waals surface area contributed by atoms with Gasteiger partial charge in [-0.05, 0) is 43.2 Å². The first kappa shape index (κ1) is 14.6. The molecular formula is C17H21FO2S. The highest BCUT2D eigenvalue weighted by Gasteiger charge is 2.26. The Hall–Kier alpha value is -1.29. The molecule has 1 aromatic heterocycles. The van der Waals surface area contributed by atoms with Crippen molar-refractivity contribution >= 4 is 21.4 Å². The summed E-state index contributed by atoms with van der Waals surface area (Å²) in [6.45, 7) is 4.58. The Kier molecular flexibility index (Phi) is 4.07. The molecule has 1 aliphatic carbocycles. The molecule has 0 radical (unpaired) electrons. The SMILES string of the molecule is COc1cc2c(OC3CC(C)CC(C)C3)csc2cc1F. The molecule has 4 heteroatoms. The molecule has 3 rings (SSSR count). The van der Waals surface area contributed by atoms with E-state index >= 15 is 0 Å². The van der Waals surface area contributed by atoms with Crippen LogP contribution in [0.4, 0.5) is 4.39 Å². The minimum atomic E-state index is -0.321. The predicted octanol–water partition coefficient (Wildman–Crippen LogP) is 5.25. The fourth-order valence-electron chi connectivity index (χ4n) is 3.40. The second-order valence-corrected chi connectivity index (χ2v) is 7.15. The van der Waals surface area contributed by atoms with Gasteiger partial charge in [-0.2, -0.15) is 0 Å². The second-order valence-electron chi connectivity index (χ2n) is 6.24. The summed E-state index contributed by atoms with van der Waals surface area (Å²) in [6, 6.07) is 3.27. The van der Waals surface area contributed by atoms with E-state index in [9.17, 15) is 4.39 Å². The van der Waals surface area contributed by atoms with E-state index in [2.05, 4.69) is 13.8 Å². The molecule has 1 fully saturated rings. The zero-order chi connectivity index (χ0) is 15.0. The van der Waals surface area contributed by atoms with Crippen molar-refractivity contribution < 1.29 is 13.9 Å². The van der Waals surface area contributed by atoms with Crippen molar-refractivity contribution in [3.05, 3.63) is 23.3 Å². The Balaban J connectivity index is 1.87. The van der Waals surface area contributed by atoms with E-state index < -0.39 is 0 Å². The summed E-state index contributed by atoms with van der Waals surface area (Å²) in [4.78, 5) is 0. The Morgan fingerprint density at radius 3 is 2.48 bits per heavy atom. The van der Waals surface area contributed by atoms with Crippen LogP contribution in [0.2, 0.25) is 0 Å². The maximum Gasteiger partial charge on any atom is 0.166 e. The third kappa shape index (κ3) is 3.00. The van der Waals surface area contributed by atoms with Crippen molar-refractivity contribution in [2.75, 3.05) is 7.11 Å². The van der Waals surface area contributed by atoms with E-state index in [1.54, 1.807) is 6.07 Å². The summed E-state index contributed by atoms with van der Waals surface area (Å²) in [5.41, 5.74) is 0. The first-order valence-corrected chi connectivity index (χ1v) is 8.36. The molecular weight excluding hydrogens is 287 g/mol. The first-order chi connectivity index (χ1) is 10.1. The van der Waals surface area contributed by atoms with Crippen LogP contribution in [0.15, 0.2) is 17.5 Å². The number of fused-ring (bicyclic) bond motifs is 1. The van der Waals surface area contributed by atoms with Crippen molar-refractivity contribution in [2.24, 2.45) is 11.8 Å². The molecule has 0 aliphatic heterocycles. The van der Waals surface area contributed by atoms with Gasteiger partial charge in [-0.1, -0.05) is 13.8 Å². The van der Waals surface area contributed by atoms with Gasteiger partial charge in [0, 0.05) is 15.5 Å². The highest BCUT2D eigenvalue weighted by Crippen LogP contribution is 2.39. The molecule has 2 atom stereocenters. The molecule has 114 valence electrons. The summed E-state index contributed by atoms with van der Waals surface area (Å²) >= 11 is 1.52. The lowest BCUT2D eigenvalue weighted by Crippen LogP contribution is -2.28. The number of halogens is 1. The molecule has 0 N–H and O–H groups in total. The molecule has 21 heavy (non-hydrogen) atoms. The molecule has 0 spiro atoms. The molecule has 1 saturated carbocycles. The molecule has 2 aromatic rings. The van der Waals surface area contributed by atoms with Crippen molar-refractivity contribution in [3.63, 3.8) is 0 Å². The third-order valence-electron chi connectivity index (χ3n) is 4.24. The molecule has 1 aromatic carbocycles. The van der Waals surface area contributed by atoms with Crippen LogP contribution in [0.1, 0.15) is 33.1 Å². The largest absolute Gasteiger partial charge is 0.494 e. The highest BCUT2D eigenvalue weighted by atomic mass is 32.1. The van der Waals surface area contributed by atoms with E-state index in [4.69, 9.17) is 9.47 Å². The van der Waals surface area contributed by atoms with Crippen molar-refractivity contribution in [1.29, 1.82) is 0 Å². The lowest BCUT2D eigenvalue weighted by atomic mass is 9.82. The van der Waals surface area contributed by atoms with Crippen LogP contribution in [0.25, 0.3) is 10.1 Å². The van der Waals surface area contributed by atoms with Gasteiger partial charge in [0.2, 0.25) is 0 Å². The normalized spacial score (nSPS) is 26.0. The fourth-order valence-corrected chi connectivity index (χ4v) is 4.28. The molecule has 0 bridgehead atoms. The number of hydrogen-bond acceptors (Lipinski definition) is 3. The van der Waals surface area contributed by atoms with E-state index in [0.29, 0.717) is 11.8 Å². The lowest BCUT2D eigenvalue weighted by Gasteiger charge is -2.31. The topological polar surface area (TPSA) is 18.5 Å². The first-order valence-electron chi connectivity index (χ1n) is 7.48. The van der Waals surface area contributed by atoms with Crippen LogP contribution in [0, 0.1) is 17.7 Å². The highest BCUT2D eigenvalue weighted by molar-refractivity contribution is 7.17. The van der Waals surface area contributed by atoms with E-state index in [1.165, 1.54) is 30.9 Å². The lowest BCUT2D eigenvalue weighted by molar-refractivity contribution is 0.103. The van der Waals surface area contributed by atoms with Gasteiger partial charge in [0.25, 0.3) is 0 Å². The van der Waals surface area contributed by atoms with Gasteiger partial charge in [-0.3, -0.25) is 0 Å². The van der Waals surface area contributed by atoms with Gasteiger partial charge in [-0.15, -0.1) is 11.3 Å². The van der Waals surface area contributed by atoms with Gasteiger partial charge in [-0.25, -0.2) is 4.39 Å². The van der Waals surface area contributed by atoms with Crippen LogP contribution >= 0.6 is 11.3 Å². The summed E-state index contributed by atoms with van der Waals surface area (Å²) in [5.74, 6) is 2.22. The van der Waals surface area contributed by atoms with Crippen molar-refractivity contribution in [2.45, 2.75) is 39.2 Å². The number of ether oxygens (including phenoxy) is 2. The zero-order valence-corrected chi connectivity index (χ0v) is 13.5. The van der Waals surface area contributed by atoms with E-state index in [-0.39, 0.29) is 17.7 Å². The quantitative estimate of drug-likeness (QED) is 0.770. The fraction of sp³-hybridized carbons (Fsp3) is 0.529. The van der Waals surface area contributed by atoms with Crippen molar-refractivity contribution in [1.82, 2.24) is 0 Å². The summed E-state index contributed by atoms with van der Waals surface area (Å²) in [6.07, 6.45) is 3.74.